The predicted molar refractivity (Wildman–Crippen MR) is 220 cm³/mol. The van der Waals surface area contributed by atoms with Crippen LogP contribution in [0.2, 0.25) is 0 Å². The van der Waals surface area contributed by atoms with Gasteiger partial charge in [-0.15, -0.1) is 0 Å². The molecule has 0 N–H and O–H groups in total. The van der Waals surface area contributed by atoms with Crippen LogP contribution in [0.5, 0.6) is 0 Å². The smallest absolute Gasteiger partial charge is 0.0622 e. The molecule has 0 bridgehead atoms. The molecule has 0 radical (unpaired) electrons. The molecule has 10 rings (SSSR count). The fourth-order valence-corrected chi connectivity index (χ4v) is 9.67. The van der Waals surface area contributed by atoms with E-state index in [9.17, 15) is 0 Å². The molecule has 0 amide bonds. The van der Waals surface area contributed by atoms with E-state index in [-0.39, 0.29) is 10.8 Å². The number of hydrogen-bond donors (Lipinski definition) is 0. The van der Waals surface area contributed by atoms with Gasteiger partial charge in [0, 0.05) is 5.41 Å². The summed E-state index contributed by atoms with van der Waals surface area (Å²) in [5.74, 6) is 0. The maximum Gasteiger partial charge on any atom is 0.0719 e. The van der Waals surface area contributed by atoms with Gasteiger partial charge in [-0.1, -0.05) is 186 Å². The summed E-state index contributed by atoms with van der Waals surface area (Å²) < 4.78 is 0. The van der Waals surface area contributed by atoms with E-state index in [1.54, 1.807) is 0 Å². The molecule has 0 fully saturated rings. The first kappa shape index (κ1) is 31.1. The third-order valence-electron chi connectivity index (χ3n) is 12.3. The standard InChI is InChI=1S/C52H42/c1-50(2,3)38-23-27-39-35(30-38)22-26-44-40(39)28-29-45-43-25-21-34(33-20-24-42-41-18-12-13-19-46(41)51(4,5)47(42)31-33)32-48(43)52(49(44)45,36-14-8-6-9-15-36)37-16-10-7-11-17-37/h6-32H,1-5H3. The zero-order chi connectivity index (χ0) is 35.4. The molecule has 0 heteroatoms. The molecule has 0 nitrogen and oxygen atoms in total. The third-order valence-corrected chi connectivity index (χ3v) is 12.3. The van der Waals surface area contributed by atoms with Gasteiger partial charge in [0.1, 0.15) is 0 Å². The summed E-state index contributed by atoms with van der Waals surface area (Å²) in [6.45, 7) is 11.6. The third kappa shape index (κ3) is 4.21. The summed E-state index contributed by atoms with van der Waals surface area (Å²) in [4.78, 5) is 0. The second-order valence-electron chi connectivity index (χ2n) is 16.5. The Morgan fingerprint density at radius 2 is 0.942 bits per heavy atom. The van der Waals surface area contributed by atoms with Gasteiger partial charge in [-0.3, -0.25) is 0 Å². The molecule has 8 aromatic rings. The van der Waals surface area contributed by atoms with E-state index in [0.29, 0.717) is 0 Å². The van der Waals surface area contributed by atoms with E-state index in [4.69, 9.17) is 0 Å². The first-order chi connectivity index (χ1) is 25.2. The van der Waals surface area contributed by atoms with Crippen LogP contribution in [0.15, 0.2) is 164 Å². The van der Waals surface area contributed by atoms with Crippen LogP contribution in [0.1, 0.15) is 73.6 Å². The highest BCUT2D eigenvalue weighted by molar-refractivity contribution is 6.12. The van der Waals surface area contributed by atoms with E-state index in [1.807, 2.05) is 0 Å². The molecular formula is C52H42. The zero-order valence-corrected chi connectivity index (χ0v) is 30.6. The first-order valence-electron chi connectivity index (χ1n) is 18.7. The van der Waals surface area contributed by atoms with E-state index in [2.05, 4.69) is 198 Å². The molecule has 0 unspecified atom stereocenters. The van der Waals surface area contributed by atoms with Gasteiger partial charge in [-0.05, 0) is 111 Å². The Kier molecular flexibility index (Phi) is 6.50. The Bertz CT molecular complexity index is 2680. The topological polar surface area (TPSA) is 0 Å². The maximum absolute atomic E-state index is 2.51. The van der Waals surface area contributed by atoms with Crippen molar-refractivity contribution in [2.45, 2.75) is 50.9 Å². The predicted octanol–water partition coefficient (Wildman–Crippen LogP) is 13.6. The molecule has 0 spiro atoms. The monoisotopic (exact) mass is 666 g/mol. The fraction of sp³-hybridized carbons (Fsp3) is 0.154. The highest BCUT2D eigenvalue weighted by atomic mass is 14.5. The minimum atomic E-state index is -0.506. The van der Waals surface area contributed by atoms with Crippen LogP contribution in [0.3, 0.4) is 0 Å². The van der Waals surface area contributed by atoms with Gasteiger partial charge in [-0.2, -0.15) is 0 Å². The highest BCUT2D eigenvalue weighted by Crippen LogP contribution is 2.59. The first-order valence-corrected chi connectivity index (χ1v) is 18.7. The molecule has 0 saturated heterocycles. The Hall–Kier alpha value is -5.72. The lowest BCUT2D eigenvalue weighted by Crippen LogP contribution is -2.28. The van der Waals surface area contributed by atoms with Gasteiger partial charge in [-0.25, -0.2) is 0 Å². The summed E-state index contributed by atoms with van der Waals surface area (Å²) in [5.41, 5.74) is 16.9. The van der Waals surface area contributed by atoms with Gasteiger partial charge < -0.3 is 0 Å². The van der Waals surface area contributed by atoms with Crippen LogP contribution in [0.4, 0.5) is 0 Å². The van der Waals surface area contributed by atoms with Crippen molar-refractivity contribution in [3.8, 4) is 33.4 Å². The summed E-state index contributed by atoms with van der Waals surface area (Å²) in [6, 6.07) is 62.4. The molecule has 0 atom stereocenters. The van der Waals surface area contributed by atoms with Crippen molar-refractivity contribution in [3.05, 3.63) is 203 Å². The van der Waals surface area contributed by atoms with Crippen LogP contribution in [0.25, 0.3) is 54.9 Å². The van der Waals surface area contributed by atoms with E-state index in [1.165, 1.54) is 93.9 Å². The number of hydrogen-bond acceptors (Lipinski definition) is 0. The van der Waals surface area contributed by atoms with Crippen molar-refractivity contribution < 1.29 is 0 Å². The highest BCUT2D eigenvalue weighted by Gasteiger charge is 2.47. The van der Waals surface area contributed by atoms with Crippen LogP contribution in [-0.4, -0.2) is 0 Å². The molecular weight excluding hydrogens is 625 g/mol. The number of benzene rings is 8. The van der Waals surface area contributed by atoms with E-state index < -0.39 is 5.41 Å². The number of rotatable bonds is 3. The quantitative estimate of drug-likeness (QED) is 0.165. The van der Waals surface area contributed by atoms with Crippen molar-refractivity contribution in [2.75, 3.05) is 0 Å². The lowest BCUT2D eigenvalue weighted by atomic mass is 9.66. The minimum Gasteiger partial charge on any atom is -0.0622 e. The van der Waals surface area contributed by atoms with Gasteiger partial charge in [0.15, 0.2) is 0 Å². The van der Waals surface area contributed by atoms with Crippen molar-refractivity contribution in [2.24, 2.45) is 0 Å². The molecule has 0 saturated carbocycles. The zero-order valence-electron chi connectivity index (χ0n) is 30.6. The lowest BCUT2D eigenvalue weighted by molar-refractivity contribution is 0.591. The lowest BCUT2D eigenvalue weighted by Gasteiger charge is -2.35. The van der Waals surface area contributed by atoms with Crippen LogP contribution in [-0.2, 0) is 16.2 Å². The Morgan fingerprint density at radius 3 is 1.62 bits per heavy atom. The molecule has 2 aliphatic carbocycles. The van der Waals surface area contributed by atoms with E-state index in [0.717, 1.165) is 0 Å². The van der Waals surface area contributed by atoms with Crippen LogP contribution >= 0.6 is 0 Å². The Morgan fingerprint density at radius 1 is 0.404 bits per heavy atom. The summed E-state index contributed by atoms with van der Waals surface area (Å²) in [6.07, 6.45) is 0. The fourth-order valence-electron chi connectivity index (χ4n) is 9.67. The van der Waals surface area contributed by atoms with Crippen LogP contribution in [0, 0.1) is 0 Å². The maximum atomic E-state index is 2.51. The SMILES string of the molecule is CC(C)(C)c1ccc2c(ccc3c4c(ccc32)-c2ccc(-c3ccc5c(c3)C(C)(C)c3ccccc3-5)cc2C4(c2ccccc2)c2ccccc2)c1. The molecule has 250 valence electrons. The van der Waals surface area contributed by atoms with Gasteiger partial charge in [0.2, 0.25) is 0 Å². The van der Waals surface area contributed by atoms with Crippen molar-refractivity contribution >= 4 is 21.5 Å². The largest absolute Gasteiger partial charge is 0.0719 e. The molecule has 52 heavy (non-hydrogen) atoms. The summed E-state index contributed by atoms with van der Waals surface area (Å²) >= 11 is 0. The summed E-state index contributed by atoms with van der Waals surface area (Å²) in [5, 5.41) is 5.23. The average Bonchev–Trinajstić information content (AvgIpc) is 3.60. The molecule has 0 aliphatic heterocycles. The number of fused-ring (bicyclic) bond motifs is 10. The molecule has 2 aliphatic rings. The molecule has 0 aromatic heterocycles. The van der Waals surface area contributed by atoms with Gasteiger partial charge in [0.25, 0.3) is 0 Å². The van der Waals surface area contributed by atoms with Crippen molar-refractivity contribution in [3.63, 3.8) is 0 Å². The second-order valence-corrected chi connectivity index (χ2v) is 16.5. The second kappa shape index (κ2) is 10.9. The molecule has 8 aromatic carbocycles. The minimum absolute atomic E-state index is 0.0535. The van der Waals surface area contributed by atoms with Crippen molar-refractivity contribution in [1.82, 2.24) is 0 Å². The van der Waals surface area contributed by atoms with Gasteiger partial charge in [0.05, 0.1) is 5.41 Å². The Labute approximate surface area is 307 Å². The Balaban J connectivity index is 1.26. The normalized spacial score (nSPS) is 14.9. The molecule has 0 heterocycles. The van der Waals surface area contributed by atoms with E-state index >= 15 is 0 Å². The summed E-state index contributed by atoms with van der Waals surface area (Å²) in [7, 11) is 0. The average molecular weight is 667 g/mol. The van der Waals surface area contributed by atoms with Crippen molar-refractivity contribution in [1.29, 1.82) is 0 Å². The van der Waals surface area contributed by atoms with Gasteiger partial charge >= 0.3 is 0 Å². The van der Waals surface area contributed by atoms with Crippen LogP contribution < -0.4 is 0 Å².